The van der Waals surface area contributed by atoms with Gasteiger partial charge in [-0.25, -0.2) is 4.57 Å². The highest BCUT2D eigenvalue weighted by atomic mass is 79.9. The minimum Gasteiger partial charge on any atom is -1.00 e. The number of aryl methyl sites for hydroxylation is 3. The van der Waals surface area contributed by atoms with Crippen LogP contribution in [0.1, 0.15) is 43.0 Å². The second-order valence-corrected chi connectivity index (χ2v) is 5.39. The van der Waals surface area contributed by atoms with Crippen molar-refractivity contribution in [2.24, 2.45) is 0 Å². The molecule has 1 nitrogen and oxygen atoms in total. The second-order valence-electron chi connectivity index (χ2n) is 5.39. The van der Waals surface area contributed by atoms with E-state index in [2.05, 4.69) is 78.9 Å². The van der Waals surface area contributed by atoms with Crippen molar-refractivity contribution in [3.8, 4) is 11.8 Å². The van der Waals surface area contributed by atoms with Crippen LogP contribution in [0.4, 0.5) is 0 Å². The maximum absolute atomic E-state index is 3.28. The quantitative estimate of drug-likeness (QED) is 0.428. The number of halogens is 1. The average Bonchev–Trinajstić information content (AvgIpc) is 2.51. The van der Waals surface area contributed by atoms with Gasteiger partial charge >= 0.3 is 0 Å². The molecule has 116 valence electrons. The number of pyridine rings is 1. The fraction of sp³-hybridized carbons (Fsp3) is 0.350. The first-order valence-electron chi connectivity index (χ1n) is 7.82. The van der Waals surface area contributed by atoms with E-state index >= 15 is 0 Å². The predicted octanol–water partition coefficient (Wildman–Crippen LogP) is 1.07. The summed E-state index contributed by atoms with van der Waals surface area (Å²) in [6, 6.07) is 14.9. The molecule has 0 saturated heterocycles. The number of nitrogens with zero attached hydrogens (tertiary/aromatic N) is 1. The van der Waals surface area contributed by atoms with Gasteiger partial charge in [0.25, 0.3) is 0 Å². The van der Waals surface area contributed by atoms with E-state index in [4.69, 9.17) is 0 Å². The van der Waals surface area contributed by atoms with E-state index in [1.165, 1.54) is 17.7 Å². The smallest absolute Gasteiger partial charge is 0.178 e. The molecule has 1 heterocycles. The molecule has 0 spiro atoms. The van der Waals surface area contributed by atoms with Crippen LogP contribution in [0.5, 0.6) is 0 Å². The summed E-state index contributed by atoms with van der Waals surface area (Å²) in [6.45, 7) is 5.39. The minimum absolute atomic E-state index is 0. The van der Waals surface area contributed by atoms with Crippen LogP contribution in [-0.4, -0.2) is 0 Å². The summed E-state index contributed by atoms with van der Waals surface area (Å²) in [5.41, 5.74) is 3.83. The Morgan fingerprint density at radius 2 is 1.82 bits per heavy atom. The van der Waals surface area contributed by atoms with Crippen molar-refractivity contribution in [1.29, 1.82) is 0 Å². The molecule has 2 rings (SSSR count). The van der Waals surface area contributed by atoms with E-state index in [1.807, 2.05) is 0 Å². The summed E-state index contributed by atoms with van der Waals surface area (Å²) in [6.07, 6.45) is 6.52. The normalized spacial score (nSPS) is 9.55. The van der Waals surface area contributed by atoms with Gasteiger partial charge in [-0.3, -0.25) is 0 Å². The van der Waals surface area contributed by atoms with Crippen LogP contribution in [0.25, 0.3) is 0 Å². The molecule has 22 heavy (non-hydrogen) atoms. The van der Waals surface area contributed by atoms with E-state index < -0.39 is 0 Å². The summed E-state index contributed by atoms with van der Waals surface area (Å²) in [5.74, 6) is 6.54. The lowest BCUT2D eigenvalue weighted by Crippen LogP contribution is -3.00. The third kappa shape index (κ3) is 6.03. The highest BCUT2D eigenvalue weighted by molar-refractivity contribution is 5.36. The molecular formula is C20H24BrN. The number of hydrogen-bond acceptors (Lipinski definition) is 0. The highest BCUT2D eigenvalue weighted by Gasteiger charge is 2.02. The van der Waals surface area contributed by atoms with Gasteiger partial charge in [0.1, 0.15) is 6.54 Å². The summed E-state index contributed by atoms with van der Waals surface area (Å²) in [5, 5.41) is 0. The zero-order chi connectivity index (χ0) is 14.9. The monoisotopic (exact) mass is 357 g/mol. The van der Waals surface area contributed by atoms with Crippen LogP contribution in [-0.2, 0) is 13.0 Å². The van der Waals surface area contributed by atoms with E-state index in [9.17, 15) is 0 Å². The standard InChI is InChI=1S/C20H24N.BrH/c1-3-9-19-12-14-20(15-13-19)11-5-4-7-16-21-17-8-6-10-18(21)2;/h6,8,10,12-15,17H,3-4,7,9,16H2,1-2H3;1H/q+1;/p-1. The molecule has 1 aromatic carbocycles. The molecule has 2 aromatic rings. The van der Waals surface area contributed by atoms with Crippen LogP contribution in [0.15, 0.2) is 48.7 Å². The maximum atomic E-state index is 3.28. The predicted molar refractivity (Wildman–Crippen MR) is 87.9 cm³/mol. The van der Waals surface area contributed by atoms with Gasteiger partial charge in [0.2, 0.25) is 0 Å². The van der Waals surface area contributed by atoms with Gasteiger partial charge in [-0.15, -0.1) is 0 Å². The molecule has 1 aromatic heterocycles. The Bertz CT molecular complexity index is 620. The summed E-state index contributed by atoms with van der Waals surface area (Å²) in [7, 11) is 0. The molecule has 0 aliphatic rings. The van der Waals surface area contributed by atoms with E-state index in [-0.39, 0.29) is 17.0 Å². The third-order valence-electron chi connectivity index (χ3n) is 3.59. The highest BCUT2D eigenvalue weighted by Crippen LogP contribution is 2.05. The largest absolute Gasteiger partial charge is 1.00 e. The molecule has 0 atom stereocenters. The van der Waals surface area contributed by atoms with E-state index in [0.29, 0.717) is 0 Å². The Kier molecular flexibility index (Phi) is 8.55. The van der Waals surface area contributed by atoms with Crippen molar-refractivity contribution in [2.75, 3.05) is 0 Å². The van der Waals surface area contributed by atoms with Gasteiger partial charge in [-0.1, -0.05) is 43.4 Å². The fourth-order valence-electron chi connectivity index (χ4n) is 2.36. The van der Waals surface area contributed by atoms with Crippen molar-refractivity contribution in [3.63, 3.8) is 0 Å². The number of hydrogen-bond donors (Lipinski definition) is 0. The van der Waals surface area contributed by atoms with Gasteiger partial charge in [0, 0.05) is 37.5 Å². The van der Waals surface area contributed by atoms with Crippen LogP contribution < -0.4 is 21.5 Å². The lowest BCUT2D eigenvalue weighted by Gasteiger charge is -1.98. The fourth-order valence-corrected chi connectivity index (χ4v) is 2.36. The van der Waals surface area contributed by atoms with E-state index in [0.717, 1.165) is 31.4 Å². The summed E-state index contributed by atoms with van der Waals surface area (Å²) in [4.78, 5) is 0. The summed E-state index contributed by atoms with van der Waals surface area (Å²) >= 11 is 0. The number of rotatable bonds is 5. The van der Waals surface area contributed by atoms with Gasteiger partial charge < -0.3 is 17.0 Å². The molecular weight excluding hydrogens is 334 g/mol. The molecule has 2 heteroatoms. The average molecular weight is 358 g/mol. The topological polar surface area (TPSA) is 3.88 Å². The lowest BCUT2D eigenvalue weighted by molar-refractivity contribution is -0.703. The number of benzene rings is 1. The zero-order valence-electron chi connectivity index (χ0n) is 13.5. The Hall–Kier alpha value is -1.59. The molecule has 0 unspecified atom stereocenters. The third-order valence-corrected chi connectivity index (χ3v) is 3.59. The maximum Gasteiger partial charge on any atom is 0.178 e. The molecule has 0 radical (unpaired) electrons. The zero-order valence-corrected chi connectivity index (χ0v) is 15.1. The Morgan fingerprint density at radius 1 is 1.05 bits per heavy atom. The van der Waals surface area contributed by atoms with Crippen LogP contribution >= 0.6 is 0 Å². The number of unbranched alkanes of at least 4 members (excludes halogenated alkanes) is 1. The Balaban J connectivity index is 0.00000242. The Labute approximate surface area is 145 Å². The first kappa shape index (κ1) is 18.5. The molecule has 0 fully saturated rings. The van der Waals surface area contributed by atoms with E-state index in [1.54, 1.807) is 0 Å². The molecule has 0 aliphatic carbocycles. The van der Waals surface area contributed by atoms with Gasteiger partial charge in [0.15, 0.2) is 11.9 Å². The van der Waals surface area contributed by atoms with Crippen molar-refractivity contribution < 1.29 is 21.5 Å². The van der Waals surface area contributed by atoms with Crippen LogP contribution in [0.3, 0.4) is 0 Å². The van der Waals surface area contributed by atoms with Crippen molar-refractivity contribution >= 4 is 0 Å². The SMILES string of the molecule is CCCc1ccc(C#CCCC[n+]2ccccc2C)cc1.[Br-]. The van der Waals surface area contributed by atoms with Crippen molar-refractivity contribution in [2.45, 2.75) is 46.1 Å². The molecule has 0 amide bonds. The molecule has 0 saturated carbocycles. The lowest BCUT2D eigenvalue weighted by atomic mass is 10.1. The molecule has 0 N–H and O–H groups in total. The molecule has 0 aliphatic heterocycles. The van der Waals surface area contributed by atoms with Crippen LogP contribution in [0.2, 0.25) is 0 Å². The Morgan fingerprint density at radius 3 is 2.50 bits per heavy atom. The van der Waals surface area contributed by atoms with Gasteiger partial charge in [-0.2, -0.15) is 0 Å². The molecule has 0 bridgehead atoms. The van der Waals surface area contributed by atoms with Crippen molar-refractivity contribution in [1.82, 2.24) is 0 Å². The number of aromatic nitrogens is 1. The van der Waals surface area contributed by atoms with Crippen LogP contribution in [0, 0.1) is 18.8 Å². The van der Waals surface area contributed by atoms with Gasteiger partial charge in [0.05, 0.1) is 0 Å². The van der Waals surface area contributed by atoms with Crippen molar-refractivity contribution in [3.05, 3.63) is 65.5 Å². The minimum atomic E-state index is 0. The summed E-state index contributed by atoms with van der Waals surface area (Å²) < 4.78 is 2.28. The first-order chi connectivity index (χ1) is 10.3. The first-order valence-corrected chi connectivity index (χ1v) is 7.82. The second kappa shape index (κ2) is 10.2. The van der Waals surface area contributed by atoms with Gasteiger partial charge in [-0.05, 0) is 24.1 Å².